The lowest BCUT2D eigenvalue weighted by atomic mass is 10.1. The average Bonchev–Trinajstić information content (AvgIpc) is 2.93. The zero-order valence-corrected chi connectivity index (χ0v) is 11.2. The summed E-state index contributed by atoms with van der Waals surface area (Å²) in [6.07, 6.45) is -0.327. The van der Waals surface area contributed by atoms with Crippen molar-refractivity contribution >= 4 is 5.91 Å². The molecule has 1 aromatic carbocycles. The van der Waals surface area contributed by atoms with Crippen LogP contribution in [0.2, 0.25) is 0 Å². The Kier molecular flexibility index (Phi) is 2.54. The van der Waals surface area contributed by atoms with Crippen LogP contribution in [0, 0.1) is 17.8 Å². The molecular weight excluding hydrogens is 261 g/mol. The maximum Gasteiger partial charge on any atom is 0.229 e. The smallest absolute Gasteiger partial charge is 0.229 e. The van der Waals surface area contributed by atoms with Crippen molar-refractivity contribution in [3.63, 3.8) is 0 Å². The number of alkyl halides is 1. The Hall–Kier alpha value is -1.62. The maximum absolute atomic E-state index is 12.8. The van der Waals surface area contributed by atoms with E-state index in [1.165, 1.54) is 0 Å². The summed E-state index contributed by atoms with van der Waals surface area (Å²) in [4.78, 5) is 14.2. The normalized spacial score (nSPS) is 37.8. The van der Waals surface area contributed by atoms with Crippen LogP contribution in [0.1, 0.15) is 11.8 Å². The van der Waals surface area contributed by atoms with Crippen LogP contribution in [0.3, 0.4) is 0 Å². The number of hydrogen-bond donors (Lipinski definition) is 0. The van der Waals surface area contributed by atoms with E-state index >= 15 is 0 Å². The predicted molar refractivity (Wildman–Crippen MR) is 68.8 cm³/mol. The van der Waals surface area contributed by atoms with Crippen molar-refractivity contribution in [2.45, 2.75) is 12.3 Å². The second kappa shape index (κ2) is 4.19. The topological polar surface area (TPSA) is 38.8 Å². The predicted octanol–water partition coefficient (Wildman–Crippen LogP) is 1.77. The molecule has 0 spiro atoms. The van der Waals surface area contributed by atoms with Gasteiger partial charge >= 0.3 is 0 Å². The zero-order chi connectivity index (χ0) is 13.9. The molecule has 5 atom stereocenters. The SMILES string of the molecule is COc1ccc([C@H]2OC[C@@H]3[C@H]4[C@H](CF)[C@H]4C(=O)N23)cc1. The van der Waals surface area contributed by atoms with E-state index in [1.54, 1.807) is 7.11 Å². The lowest BCUT2D eigenvalue weighted by Crippen LogP contribution is -2.36. The molecule has 1 amide bonds. The van der Waals surface area contributed by atoms with Crippen molar-refractivity contribution in [1.29, 1.82) is 0 Å². The van der Waals surface area contributed by atoms with Crippen LogP contribution in [-0.2, 0) is 9.53 Å². The van der Waals surface area contributed by atoms with Crippen molar-refractivity contribution in [3.8, 4) is 5.75 Å². The summed E-state index contributed by atoms with van der Waals surface area (Å²) in [5, 5.41) is 0. The van der Waals surface area contributed by atoms with Gasteiger partial charge in [-0.2, -0.15) is 0 Å². The molecule has 20 heavy (non-hydrogen) atoms. The van der Waals surface area contributed by atoms with Gasteiger partial charge < -0.3 is 14.4 Å². The Morgan fingerprint density at radius 1 is 1.40 bits per heavy atom. The van der Waals surface area contributed by atoms with E-state index in [1.807, 2.05) is 29.2 Å². The lowest BCUT2D eigenvalue weighted by Gasteiger charge is -2.25. The highest BCUT2D eigenvalue weighted by Gasteiger charge is 2.69. The van der Waals surface area contributed by atoms with Gasteiger partial charge in [0.2, 0.25) is 5.91 Å². The van der Waals surface area contributed by atoms with E-state index in [0.717, 1.165) is 11.3 Å². The van der Waals surface area contributed by atoms with E-state index in [2.05, 4.69) is 0 Å². The molecule has 2 heterocycles. The van der Waals surface area contributed by atoms with Crippen molar-refractivity contribution in [3.05, 3.63) is 29.8 Å². The molecule has 1 saturated carbocycles. The molecule has 0 radical (unpaired) electrons. The number of benzene rings is 1. The summed E-state index contributed by atoms with van der Waals surface area (Å²) < 4.78 is 23.7. The summed E-state index contributed by atoms with van der Waals surface area (Å²) in [7, 11) is 1.62. The summed E-state index contributed by atoms with van der Waals surface area (Å²) in [6.45, 7) is 0.124. The largest absolute Gasteiger partial charge is 0.497 e. The molecule has 1 aliphatic carbocycles. The minimum Gasteiger partial charge on any atom is -0.497 e. The molecule has 4 nitrogen and oxygen atoms in total. The van der Waals surface area contributed by atoms with Crippen LogP contribution in [0.15, 0.2) is 24.3 Å². The van der Waals surface area contributed by atoms with E-state index in [4.69, 9.17) is 9.47 Å². The Morgan fingerprint density at radius 2 is 2.15 bits per heavy atom. The maximum atomic E-state index is 12.8. The summed E-state index contributed by atoms with van der Waals surface area (Å²) in [5.41, 5.74) is 0.944. The fraction of sp³-hybridized carbons (Fsp3) is 0.533. The van der Waals surface area contributed by atoms with Gasteiger partial charge in [0.1, 0.15) is 5.75 Å². The van der Waals surface area contributed by atoms with Gasteiger partial charge in [-0.3, -0.25) is 9.18 Å². The van der Waals surface area contributed by atoms with Crippen LogP contribution < -0.4 is 4.74 Å². The number of halogens is 1. The van der Waals surface area contributed by atoms with Crippen molar-refractivity contribution < 1.29 is 18.7 Å². The van der Waals surface area contributed by atoms with Crippen LogP contribution in [0.5, 0.6) is 5.75 Å². The highest BCUT2D eigenvalue weighted by Crippen LogP contribution is 2.60. The van der Waals surface area contributed by atoms with Gasteiger partial charge in [-0.25, -0.2) is 0 Å². The third-order valence-electron chi connectivity index (χ3n) is 4.83. The van der Waals surface area contributed by atoms with E-state index in [9.17, 15) is 9.18 Å². The first-order valence-electron chi connectivity index (χ1n) is 6.90. The third-order valence-corrected chi connectivity index (χ3v) is 4.83. The molecule has 2 aliphatic heterocycles. The number of amides is 1. The second-order valence-electron chi connectivity index (χ2n) is 5.69. The molecule has 2 saturated heterocycles. The lowest BCUT2D eigenvalue weighted by molar-refractivity contribution is -0.137. The minimum atomic E-state index is -0.390. The van der Waals surface area contributed by atoms with Gasteiger partial charge in [0.05, 0.1) is 26.4 Å². The van der Waals surface area contributed by atoms with Crippen molar-refractivity contribution in [2.75, 3.05) is 20.4 Å². The Morgan fingerprint density at radius 3 is 2.80 bits per heavy atom. The summed E-state index contributed by atoms with van der Waals surface area (Å²) in [6, 6.07) is 7.60. The van der Waals surface area contributed by atoms with Gasteiger partial charge in [0.25, 0.3) is 0 Å². The number of carbonyl (C=O) groups is 1. The Bertz CT molecular complexity index is 547. The average molecular weight is 277 g/mol. The molecule has 3 aliphatic rings. The van der Waals surface area contributed by atoms with Crippen LogP contribution in [0.25, 0.3) is 0 Å². The standard InChI is InChI=1S/C15H16FNO3/c1-19-9-4-2-8(3-5-9)15-17-11(7-20-15)12-10(6-16)13(12)14(17)18/h2-5,10-13,15H,6-7H2,1H3/t10-,11+,12+,13+,15+/m0/s1. The van der Waals surface area contributed by atoms with Crippen LogP contribution >= 0.6 is 0 Å². The number of fused-ring (bicyclic) bond motifs is 3. The van der Waals surface area contributed by atoms with E-state index < -0.39 is 6.67 Å². The quantitative estimate of drug-likeness (QED) is 0.845. The number of ether oxygens (including phenoxy) is 2. The number of nitrogens with zero attached hydrogens (tertiary/aromatic N) is 1. The number of carbonyl (C=O) groups excluding carboxylic acids is 1. The Balaban J connectivity index is 1.58. The number of piperidine rings is 1. The summed E-state index contributed by atoms with van der Waals surface area (Å²) in [5.74, 6) is 0.824. The zero-order valence-electron chi connectivity index (χ0n) is 11.2. The Labute approximate surface area is 116 Å². The van der Waals surface area contributed by atoms with E-state index in [-0.39, 0.29) is 35.9 Å². The number of rotatable bonds is 3. The second-order valence-corrected chi connectivity index (χ2v) is 5.69. The summed E-state index contributed by atoms with van der Waals surface area (Å²) >= 11 is 0. The fourth-order valence-electron chi connectivity index (χ4n) is 3.77. The minimum absolute atomic E-state index is 0.0559. The molecule has 0 aromatic heterocycles. The molecule has 4 rings (SSSR count). The third kappa shape index (κ3) is 1.47. The molecule has 5 heteroatoms. The molecule has 3 fully saturated rings. The highest BCUT2D eigenvalue weighted by molar-refractivity contribution is 5.86. The van der Waals surface area contributed by atoms with Crippen LogP contribution in [-0.4, -0.2) is 37.2 Å². The number of methoxy groups -OCH3 is 1. The first-order chi connectivity index (χ1) is 9.76. The van der Waals surface area contributed by atoms with Crippen LogP contribution in [0.4, 0.5) is 4.39 Å². The van der Waals surface area contributed by atoms with E-state index in [0.29, 0.717) is 6.61 Å². The van der Waals surface area contributed by atoms with Crippen molar-refractivity contribution in [2.24, 2.45) is 17.8 Å². The van der Waals surface area contributed by atoms with Crippen molar-refractivity contribution in [1.82, 2.24) is 4.90 Å². The van der Waals surface area contributed by atoms with Gasteiger partial charge in [-0.05, 0) is 18.1 Å². The molecule has 0 N–H and O–H groups in total. The van der Waals surface area contributed by atoms with Gasteiger partial charge in [0.15, 0.2) is 6.23 Å². The first kappa shape index (κ1) is 12.1. The van der Waals surface area contributed by atoms with Gasteiger partial charge in [-0.15, -0.1) is 0 Å². The fourth-order valence-corrected chi connectivity index (χ4v) is 3.77. The molecule has 1 aromatic rings. The van der Waals surface area contributed by atoms with Gasteiger partial charge in [-0.1, -0.05) is 12.1 Å². The first-order valence-corrected chi connectivity index (χ1v) is 6.90. The molecule has 0 bridgehead atoms. The molecular formula is C15H16FNO3. The molecule has 0 unspecified atom stereocenters. The highest BCUT2D eigenvalue weighted by atomic mass is 19.1. The molecule has 106 valence electrons. The van der Waals surface area contributed by atoms with Gasteiger partial charge in [0, 0.05) is 17.4 Å². The monoisotopic (exact) mass is 277 g/mol. The number of hydrogen-bond acceptors (Lipinski definition) is 3.